The number of aromatic nitrogens is 2. The van der Waals surface area contributed by atoms with Crippen molar-refractivity contribution >= 4 is 15.9 Å². The summed E-state index contributed by atoms with van der Waals surface area (Å²) in [7, 11) is 1.68. The van der Waals surface area contributed by atoms with Crippen molar-refractivity contribution in [3.05, 3.63) is 33.4 Å². The lowest BCUT2D eigenvalue weighted by atomic mass is 10.0. The Morgan fingerprint density at radius 3 is 2.61 bits per heavy atom. The molecule has 3 N–H and O–H groups in total. The number of halogens is 1. The van der Waals surface area contributed by atoms with E-state index in [0.717, 1.165) is 38.3 Å². The van der Waals surface area contributed by atoms with Crippen LogP contribution in [-0.4, -0.2) is 17.3 Å². The van der Waals surface area contributed by atoms with Gasteiger partial charge in [0.25, 0.3) is 0 Å². The number of hydrogen-bond donors (Lipinski definition) is 2. The third kappa shape index (κ3) is 2.15. The Balaban J connectivity index is 2.57. The van der Waals surface area contributed by atoms with Crippen LogP contribution in [0, 0.1) is 13.8 Å². The Labute approximate surface area is 115 Å². The maximum absolute atomic E-state index is 5.63. The van der Waals surface area contributed by atoms with Gasteiger partial charge in [-0.25, -0.2) is 0 Å². The van der Waals surface area contributed by atoms with Crippen molar-refractivity contribution < 1.29 is 4.74 Å². The summed E-state index contributed by atoms with van der Waals surface area (Å²) in [6, 6.07) is 4.10. The highest BCUT2D eigenvalue weighted by atomic mass is 79.9. The monoisotopic (exact) mass is 309 g/mol. The average Bonchev–Trinajstić information content (AvgIpc) is 2.72. The minimum absolute atomic E-state index is 0.432. The third-order valence-corrected chi connectivity index (χ3v) is 3.83. The maximum atomic E-state index is 5.63. The van der Waals surface area contributed by atoms with E-state index in [9.17, 15) is 0 Å². The van der Waals surface area contributed by atoms with Crippen molar-refractivity contribution in [2.45, 2.75) is 20.4 Å². The van der Waals surface area contributed by atoms with Gasteiger partial charge >= 0.3 is 0 Å². The van der Waals surface area contributed by atoms with Gasteiger partial charge in [0.1, 0.15) is 11.4 Å². The van der Waals surface area contributed by atoms with E-state index >= 15 is 0 Å². The van der Waals surface area contributed by atoms with Crippen LogP contribution in [0.5, 0.6) is 5.75 Å². The van der Waals surface area contributed by atoms with Crippen LogP contribution >= 0.6 is 15.9 Å². The van der Waals surface area contributed by atoms with Crippen LogP contribution in [0.2, 0.25) is 0 Å². The maximum Gasteiger partial charge on any atom is 0.122 e. The molecule has 0 aliphatic rings. The van der Waals surface area contributed by atoms with Crippen LogP contribution in [0.25, 0.3) is 11.3 Å². The van der Waals surface area contributed by atoms with E-state index < -0.39 is 0 Å². The minimum Gasteiger partial charge on any atom is -0.496 e. The number of benzene rings is 1. The molecule has 0 atom stereocenters. The molecule has 0 saturated carbocycles. The summed E-state index contributed by atoms with van der Waals surface area (Å²) in [6.07, 6.45) is 0. The van der Waals surface area contributed by atoms with Crippen molar-refractivity contribution in [2.75, 3.05) is 7.11 Å². The molecule has 0 unspecified atom stereocenters. The van der Waals surface area contributed by atoms with E-state index in [1.807, 2.05) is 19.9 Å². The van der Waals surface area contributed by atoms with Gasteiger partial charge < -0.3 is 10.5 Å². The van der Waals surface area contributed by atoms with E-state index in [4.69, 9.17) is 10.5 Å². The van der Waals surface area contributed by atoms with Gasteiger partial charge in [0.2, 0.25) is 0 Å². The van der Waals surface area contributed by atoms with Crippen LogP contribution in [-0.2, 0) is 6.54 Å². The topological polar surface area (TPSA) is 63.9 Å². The molecule has 0 bridgehead atoms. The van der Waals surface area contributed by atoms with Crippen LogP contribution in [0.15, 0.2) is 16.6 Å². The highest BCUT2D eigenvalue weighted by Gasteiger charge is 2.15. The third-order valence-electron chi connectivity index (χ3n) is 2.98. The Kier molecular flexibility index (Phi) is 3.73. The lowest BCUT2D eigenvalue weighted by molar-refractivity contribution is 0.411. The molecule has 0 fully saturated rings. The van der Waals surface area contributed by atoms with E-state index in [0.29, 0.717) is 6.54 Å². The molecule has 1 aromatic carbocycles. The second-order valence-corrected chi connectivity index (χ2v) is 5.00. The number of nitrogens with two attached hydrogens (primary N) is 1. The number of hydrogen-bond acceptors (Lipinski definition) is 3. The Bertz CT molecular complexity index is 578. The molecule has 18 heavy (non-hydrogen) atoms. The predicted molar refractivity (Wildman–Crippen MR) is 75.6 cm³/mol. The molecule has 2 aromatic rings. The van der Waals surface area contributed by atoms with E-state index in [-0.39, 0.29) is 0 Å². The second-order valence-electron chi connectivity index (χ2n) is 4.21. The standard InChI is InChI=1S/C13H16BrN3O/c1-7-5-11(18-3)8(2)4-9(7)13-12(14)10(6-15)16-17-13/h4-5H,6,15H2,1-3H3,(H,16,17). The van der Waals surface area contributed by atoms with Gasteiger partial charge in [-0.2, -0.15) is 5.10 Å². The first kappa shape index (κ1) is 13.1. The molecule has 2 rings (SSSR count). The van der Waals surface area contributed by atoms with E-state index in [1.165, 1.54) is 0 Å². The highest BCUT2D eigenvalue weighted by Crippen LogP contribution is 2.34. The Morgan fingerprint density at radius 2 is 2.06 bits per heavy atom. The lowest BCUT2D eigenvalue weighted by Crippen LogP contribution is -1.96. The summed E-state index contributed by atoms with van der Waals surface area (Å²) < 4.78 is 6.24. The summed E-state index contributed by atoms with van der Waals surface area (Å²) >= 11 is 3.54. The first-order chi connectivity index (χ1) is 8.58. The molecule has 5 heteroatoms. The number of aryl methyl sites for hydroxylation is 2. The molecule has 0 radical (unpaired) electrons. The van der Waals surface area contributed by atoms with Crippen molar-refractivity contribution in [2.24, 2.45) is 5.73 Å². The number of H-pyrrole nitrogens is 1. The Morgan fingerprint density at radius 1 is 1.33 bits per heavy atom. The normalized spacial score (nSPS) is 10.7. The quantitative estimate of drug-likeness (QED) is 0.916. The largest absolute Gasteiger partial charge is 0.496 e. The summed E-state index contributed by atoms with van der Waals surface area (Å²) in [5, 5.41) is 7.27. The molecule has 0 amide bonds. The molecular weight excluding hydrogens is 294 g/mol. The fourth-order valence-corrected chi connectivity index (χ4v) is 2.50. The predicted octanol–water partition coefficient (Wildman–Crippen LogP) is 2.92. The fourth-order valence-electron chi connectivity index (χ4n) is 1.94. The van der Waals surface area contributed by atoms with Crippen molar-refractivity contribution in [1.82, 2.24) is 10.2 Å². The molecule has 0 aliphatic heterocycles. The smallest absolute Gasteiger partial charge is 0.122 e. The molecule has 4 nitrogen and oxygen atoms in total. The summed E-state index contributed by atoms with van der Waals surface area (Å²) in [5.41, 5.74) is 10.7. The van der Waals surface area contributed by atoms with Gasteiger partial charge in [-0.15, -0.1) is 0 Å². The molecule has 96 valence electrons. The first-order valence-electron chi connectivity index (χ1n) is 5.67. The number of nitrogens with one attached hydrogen (secondary N) is 1. The zero-order valence-corrected chi connectivity index (χ0v) is 12.3. The van der Waals surface area contributed by atoms with Crippen molar-refractivity contribution in [3.8, 4) is 17.0 Å². The summed E-state index contributed by atoms with van der Waals surface area (Å²) in [5.74, 6) is 0.891. The molecule has 0 aliphatic carbocycles. The number of rotatable bonds is 3. The van der Waals surface area contributed by atoms with Gasteiger partial charge in [0.15, 0.2) is 0 Å². The number of aromatic amines is 1. The van der Waals surface area contributed by atoms with Crippen LogP contribution in [0.3, 0.4) is 0 Å². The zero-order chi connectivity index (χ0) is 13.3. The van der Waals surface area contributed by atoms with E-state index in [2.05, 4.69) is 32.2 Å². The van der Waals surface area contributed by atoms with Crippen LogP contribution in [0.1, 0.15) is 16.8 Å². The molecular formula is C13H16BrN3O. The number of ether oxygens (including phenoxy) is 1. The van der Waals surface area contributed by atoms with Crippen LogP contribution in [0.4, 0.5) is 0 Å². The molecule has 1 aromatic heterocycles. The second kappa shape index (κ2) is 5.12. The highest BCUT2D eigenvalue weighted by molar-refractivity contribution is 9.10. The average molecular weight is 310 g/mol. The van der Waals surface area contributed by atoms with Gasteiger partial charge in [-0.05, 0) is 53.0 Å². The molecule has 1 heterocycles. The molecule has 0 spiro atoms. The van der Waals surface area contributed by atoms with E-state index in [1.54, 1.807) is 7.11 Å². The fraction of sp³-hybridized carbons (Fsp3) is 0.308. The summed E-state index contributed by atoms with van der Waals surface area (Å²) in [4.78, 5) is 0. The molecule has 0 saturated heterocycles. The lowest BCUT2D eigenvalue weighted by Gasteiger charge is -2.10. The van der Waals surface area contributed by atoms with Gasteiger partial charge in [0.05, 0.1) is 17.3 Å². The SMILES string of the molecule is COc1cc(C)c(-c2n[nH]c(CN)c2Br)cc1C. The minimum atomic E-state index is 0.432. The zero-order valence-electron chi connectivity index (χ0n) is 10.7. The van der Waals surface area contributed by atoms with Crippen molar-refractivity contribution in [3.63, 3.8) is 0 Å². The van der Waals surface area contributed by atoms with Crippen LogP contribution < -0.4 is 10.5 Å². The summed E-state index contributed by atoms with van der Waals surface area (Å²) in [6.45, 7) is 4.49. The van der Waals surface area contributed by atoms with Gasteiger partial charge in [-0.3, -0.25) is 5.10 Å². The van der Waals surface area contributed by atoms with Gasteiger partial charge in [0, 0.05) is 12.1 Å². The number of methoxy groups -OCH3 is 1. The van der Waals surface area contributed by atoms with Gasteiger partial charge in [-0.1, -0.05) is 0 Å². The first-order valence-corrected chi connectivity index (χ1v) is 6.46. The number of nitrogens with zero attached hydrogens (tertiary/aromatic N) is 1. The van der Waals surface area contributed by atoms with Crippen molar-refractivity contribution in [1.29, 1.82) is 0 Å². The Hall–Kier alpha value is -1.33.